The van der Waals surface area contributed by atoms with E-state index in [9.17, 15) is 15.0 Å². The van der Waals surface area contributed by atoms with Crippen LogP contribution in [0.2, 0.25) is 0 Å². The summed E-state index contributed by atoms with van der Waals surface area (Å²) in [5, 5.41) is 19.9. The van der Waals surface area contributed by atoms with E-state index in [4.69, 9.17) is 0 Å². The van der Waals surface area contributed by atoms with Crippen LogP contribution < -0.4 is 0 Å². The lowest BCUT2D eigenvalue weighted by Gasteiger charge is -2.48. The Morgan fingerprint density at radius 3 is 2.50 bits per heavy atom. The number of hydrogen-bond acceptors (Lipinski definition) is 3. The van der Waals surface area contributed by atoms with E-state index < -0.39 is 17.1 Å². The first-order chi connectivity index (χ1) is 7.19. The van der Waals surface area contributed by atoms with Gasteiger partial charge in [-0.2, -0.15) is 0 Å². The predicted molar refractivity (Wildman–Crippen MR) is 63.0 cm³/mol. The molecule has 1 saturated carbocycles. The molecule has 1 rings (SSSR count). The maximum absolute atomic E-state index is 11.5. The third-order valence-electron chi connectivity index (χ3n) is 3.64. The molecule has 0 aromatic rings. The second-order valence-electron chi connectivity index (χ2n) is 5.63. The topological polar surface area (TPSA) is 57.5 Å². The van der Waals surface area contributed by atoms with Crippen LogP contribution in [-0.4, -0.2) is 27.7 Å². The van der Waals surface area contributed by atoms with Gasteiger partial charge in [-0.15, -0.1) is 0 Å². The van der Waals surface area contributed by atoms with Gasteiger partial charge in [0.25, 0.3) is 0 Å². The van der Waals surface area contributed by atoms with Crippen molar-refractivity contribution in [2.24, 2.45) is 11.3 Å². The summed E-state index contributed by atoms with van der Waals surface area (Å²) in [6.07, 6.45) is 3.47. The van der Waals surface area contributed by atoms with Crippen LogP contribution in [-0.2, 0) is 4.79 Å². The zero-order chi connectivity index (χ0) is 12.6. The number of hydrogen-bond donors (Lipinski definition) is 2. The second-order valence-corrected chi connectivity index (χ2v) is 5.63. The van der Waals surface area contributed by atoms with E-state index in [2.05, 4.69) is 0 Å². The Bertz CT molecular complexity index is 304. The summed E-state index contributed by atoms with van der Waals surface area (Å²) in [7, 11) is 0. The first-order valence-electron chi connectivity index (χ1n) is 5.80. The summed E-state index contributed by atoms with van der Waals surface area (Å²) >= 11 is 0. The van der Waals surface area contributed by atoms with Crippen molar-refractivity contribution >= 4 is 5.78 Å². The molecule has 1 aliphatic carbocycles. The Morgan fingerprint density at radius 2 is 2.06 bits per heavy atom. The molecule has 92 valence electrons. The second kappa shape index (κ2) is 4.30. The van der Waals surface area contributed by atoms with Crippen molar-refractivity contribution in [1.29, 1.82) is 0 Å². The van der Waals surface area contributed by atoms with Crippen LogP contribution in [0.1, 0.15) is 40.5 Å². The Kier molecular flexibility index (Phi) is 3.60. The normalized spacial score (nSPS) is 36.6. The first-order valence-corrected chi connectivity index (χ1v) is 5.80. The Hall–Kier alpha value is -0.670. The number of carbonyl (C=O) groups is 1. The summed E-state index contributed by atoms with van der Waals surface area (Å²) < 4.78 is 0. The van der Waals surface area contributed by atoms with Gasteiger partial charge in [-0.05, 0) is 12.8 Å². The number of rotatable bonds is 2. The summed E-state index contributed by atoms with van der Waals surface area (Å²) in [6.45, 7) is 7.32. The molecule has 0 amide bonds. The minimum Gasteiger partial charge on any atom is -0.389 e. The summed E-state index contributed by atoms with van der Waals surface area (Å²) in [5.74, 6) is 0.0892. The van der Waals surface area contributed by atoms with Crippen molar-refractivity contribution < 1.29 is 15.0 Å². The third-order valence-corrected chi connectivity index (χ3v) is 3.64. The molecule has 3 nitrogen and oxygen atoms in total. The van der Waals surface area contributed by atoms with Crippen LogP contribution in [0.4, 0.5) is 0 Å². The highest BCUT2D eigenvalue weighted by molar-refractivity contribution is 5.81. The van der Waals surface area contributed by atoms with Gasteiger partial charge in [0.1, 0.15) is 5.78 Å². The van der Waals surface area contributed by atoms with Crippen molar-refractivity contribution in [3.8, 4) is 0 Å². The SMILES string of the molecule is C[C@H](O)C=C[C@@]1(O)[C@H](C)CC(=O)CC1(C)C. The third kappa shape index (κ3) is 2.36. The van der Waals surface area contributed by atoms with E-state index in [0.717, 1.165) is 0 Å². The molecule has 0 bridgehead atoms. The molecule has 0 unspecified atom stereocenters. The van der Waals surface area contributed by atoms with Gasteiger partial charge in [0.05, 0.1) is 11.7 Å². The van der Waals surface area contributed by atoms with E-state index in [1.165, 1.54) is 0 Å². The molecule has 2 N–H and O–H groups in total. The maximum Gasteiger partial charge on any atom is 0.133 e. The highest BCUT2D eigenvalue weighted by Crippen LogP contribution is 2.46. The average Bonchev–Trinajstić information content (AvgIpc) is 2.10. The van der Waals surface area contributed by atoms with Crippen molar-refractivity contribution in [3.63, 3.8) is 0 Å². The van der Waals surface area contributed by atoms with Crippen molar-refractivity contribution in [3.05, 3.63) is 12.2 Å². The van der Waals surface area contributed by atoms with Crippen LogP contribution in [0.25, 0.3) is 0 Å². The monoisotopic (exact) mass is 226 g/mol. The highest BCUT2D eigenvalue weighted by Gasteiger charge is 2.50. The van der Waals surface area contributed by atoms with Gasteiger partial charge in [0, 0.05) is 18.3 Å². The van der Waals surface area contributed by atoms with E-state index in [0.29, 0.717) is 12.8 Å². The van der Waals surface area contributed by atoms with Gasteiger partial charge >= 0.3 is 0 Å². The molecule has 16 heavy (non-hydrogen) atoms. The standard InChI is InChI=1S/C13H22O3/c1-9-7-11(15)8-12(3,4)13(9,16)6-5-10(2)14/h5-6,9-10,14,16H,7-8H2,1-4H3/t9-,10+,13-/m1/s1. The van der Waals surface area contributed by atoms with Gasteiger partial charge in [-0.25, -0.2) is 0 Å². The van der Waals surface area contributed by atoms with E-state index in [-0.39, 0.29) is 11.7 Å². The zero-order valence-electron chi connectivity index (χ0n) is 10.5. The lowest BCUT2D eigenvalue weighted by molar-refractivity contribution is -0.142. The zero-order valence-corrected chi connectivity index (χ0v) is 10.5. The summed E-state index contributed by atoms with van der Waals surface area (Å²) in [5.41, 5.74) is -1.50. The molecule has 0 spiro atoms. The average molecular weight is 226 g/mol. The predicted octanol–water partition coefficient (Wildman–Crippen LogP) is 1.68. The van der Waals surface area contributed by atoms with E-state index >= 15 is 0 Å². The fourth-order valence-corrected chi connectivity index (χ4v) is 2.55. The Morgan fingerprint density at radius 1 is 1.50 bits per heavy atom. The molecule has 3 heteroatoms. The molecule has 0 aromatic carbocycles. The molecule has 0 radical (unpaired) electrons. The van der Waals surface area contributed by atoms with Gasteiger partial charge < -0.3 is 10.2 Å². The molecule has 0 heterocycles. The van der Waals surface area contributed by atoms with Crippen molar-refractivity contribution in [2.45, 2.75) is 52.2 Å². The fraction of sp³-hybridized carbons (Fsp3) is 0.769. The van der Waals surface area contributed by atoms with Gasteiger partial charge in [-0.1, -0.05) is 32.9 Å². The molecule has 1 fully saturated rings. The van der Waals surface area contributed by atoms with E-state index in [1.54, 1.807) is 19.1 Å². The van der Waals surface area contributed by atoms with Gasteiger partial charge in [0.15, 0.2) is 0 Å². The minimum atomic E-state index is -1.02. The summed E-state index contributed by atoms with van der Waals surface area (Å²) in [6, 6.07) is 0. The van der Waals surface area contributed by atoms with Crippen molar-refractivity contribution in [1.82, 2.24) is 0 Å². The molecule has 0 saturated heterocycles. The molecule has 3 atom stereocenters. The smallest absolute Gasteiger partial charge is 0.133 e. The number of ketones is 1. The van der Waals surface area contributed by atoms with Crippen LogP contribution in [0.15, 0.2) is 12.2 Å². The van der Waals surface area contributed by atoms with Crippen molar-refractivity contribution in [2.75, 3.05) is 0 Å². The van der Waals surface area contributed by atoms with Crippen LogP contribution in [0.3, 0.4) is 0 Å². The molecular weight excluding hydrogens is 204 g/mol. The molecule has 1 aliphatic rings. The first kappa shape index (κ1) is 13.4. The van der Waals surface area contributed by atoms with Gasteiger partial charge in [-0.3, -0.25) is 4.79 Å². The largest absolute Gasteiger partial charge is 0.389 e. The molecule has 0 aliphatic heterocycles. The minimum absolute atomic E-state index is 0.112. The van der Waals surface area contributed by atoms with E-state index in [1.807, 2.05) is 20.8 Å². The molecule has 0 aromatic heterocycles. The quantitative estimate of drug-likeness (QED) is 0.704. The lowest BCUT2D eigenvalue weighted by atomic mass is 9.60. The fourth-order valence-electron chi connectivity index (χ4n) is 2.55. The lowest BCUT2D eigenvalue weighted by Crippen LogP contribution is -2.53. The number of aliphatic hydroxyl groups is 2. The Labute approximate surface area is 97.2 Å². The molecular formula is C13H22O3. The van der Waals surface area contributed by atoms with Gasteiger partial charge in [0.2, 0.25) is 0 Å². The Balaban J connectivity index is 3.02. The maximum atomic E-state index is 11.5. The van der Waals surface area contributed by atoms with Crippen LogP contribution in [0, 0.1) is 11.3 Å². The number of Topliss-reactive ketones (excluding diaryl/α,β-unsaturated/α-hetero) is 1. The highest BCUT2D eigenvalue weighted by atomic mass is 16.3. The summed E-state index contributed by atoms with van der Waals surface area (Å²) in [4.78, 5) is 11.5. The number of carbonyl (C=O) groups excluding carboxylic acids is 1. The van der Waals surface area contributed by atoms with Crippen LogP contribution in [0.5, 0.6) is 0 Å². The number of aliphatic hydroxyl groups excluding tert-OH is 1. The van der Waals surface area contributed by atoms with Crippen LogP contribution >= 0.6 is 0 Å².